The van der Waals surface area contributed by atoms with Crippen molar-refractivity contribution >= 4 is 34.9 Å². The third-order valence-corrected chi connectivity index (χ3v) is 3.31. The number of hydrogen-bond donors (Lipinski definition) is 2. The highest BCUT2D eigenvalue weighted by atomic mass is 35.5. The van der Waals surface area contributed by atoms with Crippen molar-refractivity contribution in [2.24, 2.45) is 0 Å². The lowest BCUT2D eigenvalue weighted by atomic mass is 10.1. The van der Waals surface area contributed by atoms with Crippen molar-refractivity contribution in [2.75, 3.05) is 5.32 Å². The molecule has 0 bridgehead atoms. The Balaban J connectivity index is 2.10. The number of carbonyl (C=O) groups excluding carboxylic acids is 1. The fourth-order valence-electron chi connectivity index (χ4n) is 2.11. The first kappa shape index (κ1) is 18.7. The van der Waals surface area contributed by atoms with Crippen LogP contribution >= 0.6 is 11.6 Å². The van der Waals surface area contributed by atoms with Gasteiger partial charge in [0.25, 0.3) is 0 Å². The zero-order valence-electron chi connectivity index (χ0n) is 14.2. The number of aromatic nitrogens is 1. The van der Waals surface area contributed by atoms with Crippen LogP contribution in [-0.4, -0.2) is 27.6 Å². The summed E-state index contributed by atoms with van der Waals surface area (Å²) in [5.41, 5.74) is 1.30. The van der Waals surface area contributed by atoms with Crippen molar-refractivity contribution in [2.45, 2.75) is 32.8 Å². The number of aromatic carboxylic acids is 1. The largest absolute Gasteiger partial charge is 0.478 e. The molecule has 132 valence electrons. The van der Waals surface area contributed by atoms with E-state index in [0.717, 1.165) is 5.56 Å². The zero-order chi connectivity index (χ0) is 18.6. The fraction of sp³-hybridized carbons (Fsp3) is 0.278. The standard InChI is InChI=1S/C18H19ClN2O4/c1-18(2,3)25-16(22)8-11-4-6-12(7-5-11)21-14-9-15(19)20-10-13(14)17(23)24/h4-7,9-10H,8H2,1-3H3,(H,20,21)(H,23,24). The number of benzene rings is 1. The molecular formula is C18H19ClN2O4. The number of carboxylic acids is 1. The van der Waals surface area contributed by atoms with E-state index < -0.39 is 11.6 Å². The molecule has 2 rings (SSSR count). The topological polar surface area (TPSA) is 88.5 Å². The van der Waals surface area contributed by atoms with Crippen LogP contribution in [0.3, 0.4) is 0 Å². The lowest BCUT2D eigenvalue weighted by molar-refractivity contribution is -0.153. The van der Waals surface area contributed by atoms with Crippen LogP contribution in [0.2, 0.25) is 5.15 Å². The summed E-state index contributed by atoms with van der Waals surface area (Å²) in [4.78, 5) is 26.8. The van der Waals surface area contributed by atoms with Gasteiger partial charge >= 0.3 is 11.9 Å². The molecule has 0 radical (unpaired) electrons. The van der Waals surface area contributed by atoms with Crippen LogP contribution in [0.1, 0.15) is 36.7 Å². The Bertz CT molecular complexity index is 783. The minimum absolute atomic E-state index is 0.0160. The van der Waals surface area contributed by atoms with Gasteiger partial charge in [0, 0.05) is 11.9 Å². The van der Waals surface area contributed by atoms with Crippen LogP contribution in [0.15, 0.2) is 36.5 Å². The number of esters is 1. The van der Waals surface area contributed by atoms with Gasteiger partial charge in [-0.15, -0.1) is 0 Å². The summed E-state index contributed by atoms with van der Waals surface area (Å²) in [5, 5.41) is 12.4. The Kier molecular flexibility index (Phi) is 5.64. The van der Waals surface area contributed by atoms with Gasteiger partial charge in [-0.1, -0.05) is 23.7 Å². The molecular weight excluding hydrogens is 344 g/mol. The summed E-state index contributed by atoms with van der Waals surface area (Å²) >= 11 is 5.83. The van der Waals surface area contributed by atoms with Crippen molar-refractivity contribution in [1.82, 2.24) is 4.98 Å². The van der Waals surface area contributed by atoms with E-state index in [-0.39, 0.29) is 23.1 Å². The number of carbonyl (C=O) groups is 2. The molecule has 6 nitrogen and oxygen atoms in total. The average molecular weight is 363 g/mol. The lowest BCUT2D eigenvalue weighted by Crippen LogP contribution is -2.24. The molecule has 2 N–H and O–H groups in total. The minimum Gasteiger partial charge on any atom is -0.478 e. The molecule has 0 unspecified atom stereocenters. The summed E-state index contributed by atoms with van der Waals surface area (Å²) < 4.78 is 5.28. The van der Waals surface area contributed by atoms with Gasteiger partial charge in [0.1, 0.15) is 16.3 Å². The quantitative estimate of drug-likeness (QED) is 0.616. The number of pyridine rings is 1. The predicted octanol–water partition coefficient (Wildman–Crippen LogP) is 4.06. The molecule has 0 saturated heterocycles. The minimum atomic E-state index is -1.10. The SMILES string of the molecule is CC(C)(C)OC(=O)Cc1ccc(Nc2cc(Cl)ncc2C(=O)O)cc1. The van der Waals surface area contributed by atoms with Gasteiger partial charge in [0.05, 0.1) is 12.1 Å². The maximum Gasteiger partial charge on any atom is 0.339 e. The van der Waals surface area contributed by atoms with Gasteiger partial charge in [0.15, 0.2) is 0 Å². The highest BCUT2D eigenvalue weighted by molar-refractivity contribution is 6.29. The van der Waals surface area contributed by atoms with Gasteiger partial charge in [-0.05, 0) is 44.5 Å². The summed E-state index contributed by atoms with van der Waals surface area (Å²) in [6.45, 7) is 5.45. The zero-order valence-corrected chi connectivity index (χ0v) is 14.9. The van der Waals surface area contributed by atoms with Gasteiger partial charge in [-0.2, -0.15) is 0 Å². The molecule has 1 heterocycles. The second kappa shape index (κ2) is 7.53. The first-order valence-corrected chi connectivity index (χ1v) is 7.98. The summed E-state index contributed by atoms with van der Waals surface area (Å²) in [5.74, 6) is -1.41. The Morgan fingerprint density at radius 2 is 1.88 bits per heavy atom. The molecule has 25 heavy (non-hydrogen) atoms. The van der Waals surface area contributed by atoms with Crippen LogP contribution in [0.4, 0.5) is 11.4 Å². The number of ether oxygens (including phenoxy) is 1. The van der Waals surface area contributed by atoms with Crippen molar-refractivity contribution in [1.29, 1.82) is 0 Å². The van der Waals surface area contributed by atoms with Crippen LogP contribution in [0, 0.1) is 0 Å². The van der Waals surface area contributed by atoms with E-state index >= 15 is 0 Å². The van der Waals surface area contributed by atoms with E-state index in [9.17, 15) is 14.7 Å². The third-order valence-electron chi connectivity index (χ3n) is 3.10. The highest BCUT2D eigenvalue weighted by Gasteiger charge is 2.16. The molecule has 0 spiro atoms. The molecule has 1 aromatic carbocycles. The smallest absolute Gasteiger partial charge is 0.339 e. The van der Waals surface area contributed by atoms with Crippen molar-refractivity contribution in [3.63, 3.8) is 0 Å². The summed E-state index contributed by atoms with van der Waals surface area (Å²) in [6, 6.07) is 8.49. The second-order valence-corrected chi connectivity index (χ2v) is 6.83. The number of nitrogens with one attached hydrogen (secondary N) is 1. The predicted molar refractivity (Wildman–Crippen MR) is 95.5 cm³/mol. The third kappa shape index (κ3) is 5.76. The number of carboxylic acid groups (broad SMARTS) is 1. The lowest BCUT2D eigenvalue weighted by Gasteiger charge is -2.19. The van der Waals surface area contributed by atoms with E-state index in [0.29, 0.717) is 11.4 Å². The van der Waals surface area contributed by atoms with Crippen LogP contribution in [0.5, 0.6) is 0 Å². The molecule has 2 aromatic rings. The maximum atomic E-state index is 11.8. The number of halogens is 1. The number of anilines is 2. The molecule has 0 fully saturated rings. The second-order valence-electron chi connectivity index (χ2n) is 6.44. The van der Waals surface area contributed by atoms with Gasteiger partial charge < -0.3 is 15.2 Å². The van der Waals surface area contributed by atoms with Gasteiger partial charge in [-0.3, -0.25) is 4.79 Å². The molecule has 0 amide bonds. The molecule has 0 aliphatic heterocycles. The first-order valence-electron chi connectivity index (χ1n) is 7.61. The van der Waals surface area contributed by atoms with Crippen LogP contribution < -0.4 is 5.32 Å². The van der Waals surface area contributed by atoms with E-state index in [4.69, 9.17) is 16.3 Å². The Morgan fingerprint density at radius 1 is 1.24 bits per heavy atom. The number of nitrogens with zero attached hydrogens (tertiary/aromatic N) is 1. The summed E-state index contributed by atoms with van der Waals surface area (Å²) in [7, 11) is 0. The van der Waals surface area contributed by atoms with E-state index in [2.05, 4.69) is 10.3 Å². The van der Waals surface area contributed by atoms with Crippen molar-refractivity contribution in [3.05, 3.63) is 52.8 Å². The summed E-state index contributed by atoms with van der Waals surface area (Å²) in [6.07, 6.45) is 1.36. The van der Waals surface area contributed by atoms with E-state index in [1.54, 1.807) is 24.3 Å². The molecule has 1 aromatic heterocycles. The van der Waals surface area contributed by atoms with Crippen LogP contribution in [0.25, 0.3) is 0 Å². The molecule has 0 aliphatic carbocycles. The maximum absolute atomic E-state index is 11.8. The van der Waals surface area contributed by atoms with E-state index in [1.165, 1.54) is 12.3 Å². The number of hydrogen-bond acceptors (Lipinski definition) is 5. The van der Waals surface area contributed by atoms with Crippen LogP contribution in [-0.2, 0) is 16.0 Å². The average Bonchev–Trinajstić information content (AvgIpc) is 2.47. The highest BCUT2D eigenvalue weighted by Crippen LogP contribution is 2.24. The molecule has 0 aliphatic rings. The van der Waals surface area contributed by atoms with Gasteiger partial charge in [0.2, 0.25) is 0 Å². The number of rotatable bonds is 5. The van der Waals surface area contributed by atoms with Crippen molar-refractivity contribution < 1.29 is 19.4 Å². The Hall–Kier alpha value is -2.60. The Morgan fingerprint density at radius 3 is 2.44 bits per heavy atom. The molecule has 0 atom stereocenters. The van der Waals surface area contributed by atoms with Gasteiger partial charge in [-0.25, -0.2) is 9.78 Å². The Labute approximate surface area is 150 Å². The van der Waals surface area contributed by atoms with E-state index in [1.807, 2.05) is 20.8 Å². The van der Waals surface area contributed by atoms with Crippen molar-refractivity contribution in [3.8, 4) is 0 Å². The first-order chi connectivity index (χ1) is 11.6. The fourth-order valence-corrected chi connectivity index (χ4v) is 2.27. The normalized spacial score (nSPS) is 11.0. The molecule has 7 heteroatoms. The molecule has 0 saturated carbocycles. The monoisotopic (exact) mass is 362 g/mol.